The van der Waals surface area contributed by atoms with E-state index in [0.717, 1.165) is 4.57 Å². The van der Waals surface area contributed by atoms with Gasteiger partial charge in [0.25, 0.3) is 5.56 Å². The molecule has 0 bridgehead atoms. The van der Waals surface area contributed by atoms with Crippen molar-refractivity contribution >= 4 is 28.4 Å². The number of fused-ring (bicyclic) bond motifs is 1. The molecule has 24 heavy (non-hydrogen) atoms. The first-order valence-corrected chi connectivity index (χ1v) is 7.28. The fourth-order valence-corrected chi connectivity index (χ4v) is 2.61. The minimum atomic E-state index is -0.550. The quantitative estimate of drug-likeness (QED) is 0.705. The second kappa shape index (κ2) is 5.61. The number of ketones is 1. The molecule has 0 aliphatic carbocycles. The molecule has 0 saturated heterocycles. The summed E-state index contributed by atoms with van der Waals surface area (Å²) >= 11 is 5.86. The van der Waals surface area contributed by atoms with Crippen molar-refractivity contribution in [1.82, 2.24) is 14.1 Å². The Morgan fingerprint density at radius 1 is 1.17 bits per heavy atom. The summed E-state index contributed by atoms with van der Waals surface area (Å²) in [6.45, 7) is 0. The smallest absolute Gasteiger partial charge is 0.332 e. The Labute approximate surface area is 140 Å². The number of pyridine rings is 1. The third kappa shape index (κ3) is 2.39. The Kier molecular flexibility index (Phi) is 3.73. The van der Waals surface area contributed by atoms with E-state index in [1.54, 1.807) is 0 Å². The average molecular weight is 346 g/mol. The van der Waals surface area contributed by atoms with E-state index in [1.165, 1.54) is 49.1 Å². The van der Waals surface area contributed by atoms with Crippen LogP contribution in [0.5, 0.6) is 5.75 Å². The molecule has 2 aromatic heterocycles. The number of rotatable bonds is 2. The summed E-state index contributed by atoms with van der Waals surface area (Å²) in [6.07, 6.45) is 1.25. The molecule has 0 saturated carbocycles. The molecular weight excluding hydrogens is 334 g/mol. The number of aryl methyl sites for hydroxylation is 1. The zero-order chi connectivity index (χ0) is 17.6. The highest BCUT2D eigenvalue weighted by Crippen LogP contribution is 2.24. The number of carbonyl (C=O) groups is 1. The van der Waals surface area contributed by atoms with Crippen LogP contribution in [-0.2, 0) is 14.1 Å². The predicted octanol–water partition coefficient (Wildman–Crippen LogP) is 1.22. The van der Waals surface area contributed by atoms with Crippen LogP contribution in [0.15, 0.2) is 40.1 Å². The fraction of sp³-hybridized carbons (Fsp3) is 0.125. The number of phenolic OH excluding ortho intramolecular Hbond substituents is 1. The van der Waals surface area contributed by atoms with Gasteiger partial charge in [-0.3, -0.25) is 18.7 Å². The van der Waals surface area contributed by atoms with Crippen molar-refractivity contribution in [3.05, 3.63) is 67.4 Å². The molecule has 0 unspecified atom stereocenters. The average Bonchev–Trinajstić information content (AvgIpc) is 2.59. The minimum absolute atomic E-state index is 0.00490. The maximum Gasteiger partial charge on any atom is 0.332 e. The van der Waals surface area contributed by atoms with Gasteiger partial charge in [-0.1, -0.05) is 11.6 Å². The van der Waals surface area contributed by atoms with E-state index in [4.69, 9.17) is 11.6 Å². The summed E-state index contributed by atoms with van der Waals surface area (Å²) < 4.78 is 2.16. The van der Waals surface area contributed by atoms with Crippen molar-refractivity contribution in [3.63, 3.8) is 0 Å². The van der Waals surface area contributed by atoms with Gasteiger partial charge in [0.15, 0.2) is 5.78 Å². The highest BCUT2D eigenvalue weighted by molar-refractivity contribution is 6.31. The highest BCUT2D eigenvalue weighted by Gasteiger charge is 2.17. The number of benzene rings is 1. The number of hydrogen-bond acceptors (Lipinski definition) is 5. The van der Waals surface area contributed by atoms with Crippen LogP contribution in [0.25, 0.3) is 11.0 Å². The molecule has 3 aromatic rings. The Bertz CT molecular complexity index is 1110. The van der Waals surface area contributed by atoms with Gasteiger partial charge in [0, 0.05) is 30.9 Å². The number of phenols is 1. The Morgan fingerprint density at radius 2 is 1.88 bits per heavy atom. The summed E-state index contributed by atoms with van der Waals surface area (Å²) in [5.74, 6) is -0.752. The van der Waals surface area contributed by atoms with Crippen LogP contribution >= 0.6 is 11.6 Å². The van der Waals surface area contributed by atoms with Gasteiger partial charge in [-0.15, -0.1) is 0 Å². The lowest BCUT2D eigenvalue weighted by Crippen LogP contribution is -2.37. The van der Waals surface area contributed by atoms with Gasteiger partial charge in [-0.2, -0.15) is 0 Å². The zero-order valence-electron chi connectivity index (χ0n) is 12.8. The van der Waals surface area contributed by atoms with Gasteiger partial charge in [-0.25, -0.2) is 9.78 Å². The number of aromatic nitrogens is 3. The van der Waals surface area contributed by atoms with Crippen LogP contribution in [0, 0.1) is 0 Å². The molecule has 3 rings (SSSR count). The Morgan fingerprint density at radius 3 is 2.58 bits per heavy atom. The topological polar surface area (TPSA) is 94.2 Å². The normalized spacial score (nSPS) is 11.0. The van der Waals surface area contributed by atoms with Gasteiger partial charge in [0.2, 0.25) is 0 Å². The van der Waals surface area contributed by atoms with Crippen molar-refractivity contribution in [3.8, 4) is 5.75 Å². The van der Waals surface area contributed by atoms with Gasteiger partial charge in [0.05, 0.1) is 10.9 Å². The third-order valence-corrected chi connectivity index (χ3v) is 3.99. The molecule has 122 valence electrons. The molecule has 0 fully saturated rings. The van der Waals surface area contributed by atoms with E-state index in [0.29, 0.717) is 5.02 Å². The van der Waals surface area contributed by atoms with E-state index in [2.05, 4.69) is 4.98 Å². The molecule has 0 radical (unpaired) electrons. The largest absolute Gasteiger partial charge is 0.507 e. The highest BCUT2D eigenvalue weighted by atomic mass is 35.5. The summed E-state index contributed by atoms with van der Waals surface area (Å²) in [5.41, 5.74) is -0.770. The monoisotopic (exact) mass is 345 g/mol. The van der Waals surface area contributed by atoms with Crippen LogP contribution in [0.3, 0.4) is 0 Å². The van der Waals surface area contributed by atoms with Gasteiger partial charge in [0.1, 0.15) is 11.4 Å². The number of halogens is 1. The number of nitrogens with zero attached hydrogens (tertiary/aromatic N) is 3. The maximum atomic E-state index is 12.6. The lowest BCUT2D eigenvalue weighted by molar-refractivity contribution is 0.103. The van der Waals surface area contributed by atoms with E-state index >= 15 is 0 Å². The summed E-state index contributed by atoms with van der Waals surface area (Å²) in [5, 5.41) is 10.3. The minimum Gasteiger partial charge on any atom is -0.507 e. The summed E-state index contributed by atoms with van der Waals surface area (Å²) in [4.78, 5) is 40.8. The molecule has 0 aliphatic heterocycles. The van der Waals surface area contributed by atoms with Gasteiger partial charge >= 0.3 is 5.69 Å². The molecule has 8 heteroatoms. The zero-order valence-corrected chi connectivity index (χ0v) is 13.5. The molecule has 0 atom stereocenters. The first-order valence-electron chi connectivity index (χ1n) is 6.90. The first-order chi connectivity index (χ1) is 11.3. The SMILES string of the molecule is Cn1c(=O)c2cc(C(=O)c3cc(Cl)ccc3O)cnc2n(C)c1=O. The summed E-state index contributed by atoms with van der Waals surface area (Å²) in [7, 11) is 2.84. The molecule has 1 N–H and O–H groups in total. The van der Waals surface area contributed by atoms with Gasteiger partial charge < -0.3 is 5.11 Å². The molecule has 0 aliphatic rings. The van der Waals surface area contributed by atoms with E-state index in [1.807, 2.05) is 0 Å². The number of carbonyl (C=O) groups excluding carboxylic acids is 1. The van der Waals surface area contributed by atoms with Crippen LogP contribution < -0.4 is 11.2 Å². The number of hydrogen-bond donors (Lipinski definition) is 1. The van der Waals surface area contributed by atoms with E-state index in [-0.39, 0.29) is 27.9 Å². The fourth-order valence-electron chi connectivity index (χ4n) is 2.44. The van der Waals surface area contributed by atoms with Crippen molar-refractivity contribution in [2.75, 3.05) is 0 Å². The maximum absolute atomic E-state index is 12.6. The Balaban J connectivity index is 2.25. The summed E-state index contributed by atoms with van der Waals surface area (Å²) in [6, 6.07) is 5.46. The van der Waals surface area contributed by atoms with Crippen LogP contribution in [0.4, 0.5) is 0 Å². The molecule has 0 spiro atoms. The van der Waals surface area contributed by atoms with Crippen LogP contribution in [-0.4, -0.2) is 25.0 Å². The standard InChI is InChI=1S/C16H12ClN3O4/c1-19-14-11(15(23)20(2)16(19)24)5-8(7-18-14)13(22)10-6-9(17)3-4-12(10)21/h3-7,21H,1-2H3. The van der Waals surface area contributed by atoms with Crippen LogP contribution in [0.1, 0.15) is 15.9 Å². The molecule has 1 aromatic carbocycles. The van der Waals surface area contributed by atoms with Gasteiger partial charge in [-0.05, 0) is 24.3 Å². The lowest BCUT2D eigenvalue weighted by Gasteiger charge is -2.08. The Hall–Kier alpha value is -2.93. The molecule has 0 amide bonds. The molecule has 2 heterocycles. The third-order valence-electron chi connectivity index (χ3n) is 3.76. The van der Waals surface area contributed by atoms with Crippen molar-refractivity contribution < 1.29 is 9.90 Å². The van der Waals surface area contributed by atoms with E-state index < -0.39 is 17.0 Å². The molecular formula is C16H12ClN3O4. The first kappa shape index (κ1) is 15.9. The van der Waals surface area contributed by atoms with Crippen molar-refractivity contribution in [1.29, 1.82) is 0 Å². The number of aromatic hydroxyl groups is 1. The second-order valence-corrected chi connectivity index (χ2v) is 5.73. The van der Waals surface area contributed by atoms with Crippen LogP contribution in [0.2, 0.25) is 5.02 Å². The molecule has 7 nitrogen and oxygen atoms in total. The van der Waals surface area contributed by atoms with E-state index in [9.17, 15) is 19.5 Å². The lowest BCUT2D eigenvalue weighted by atomic mass is 10.0. The predicted molar refractivity (Wildman–Crippen MR) is 88.8 cm³/mol. The van der Waals surface area contributed by atoms with Crippen molar-refractivity contribution in [2.24, 2.45) is 14.1 Å². The second-order valence-electron chi connectivity index (χ2n) is 5.29. The van der Waals surface area contributed by atoms with Crippen molar-refractivity contribution in [2.45, 2.75) is 0 Å².